The summed E-state index contributed by atoms with van der Waals surface area (Å²) in [6.45, 7) is 7.42. The average Bonchev–Trinajstić information content (AvgIpc) is 3.20. The number of hydrogen-bond acceptors (Lipinski definition) is 4. The van der Waals surface area contributed by atoms with Gasteiger partial charge in [-0.1, -0.05) is 11.6 Å². The molecular formula is C22H31ClN6O2. The van der Waals surface area contributed by atoms with E-state index < -0.39 is 0 Å². The Labute approximate surface area is 188 Å². The van der Waals surface area contributed by atoms with E-state index in [-0.39, 0.29) is 5.91 Å². The predicted octanol–water partition coefficient (Wildman–Crippen LogP) is 1.42. The second-order valence-electron chi connectivity index (χ2n) is 7.98. The van der Waals surface area contributed by atoms with Crippen LogP contribution >= 0.6 is 11.6 Å². The van der Waals surface area contributed by atoms with E-state index in [1.54, 1.807) is 0 Å². The number of halogens is 1. The van der Waals surface area contributed by atoms with Gasteiger partial charge in [-0.05, 0) is 30.2 Å². The van der Waals surface area contributed by atoms with Crippen LogP contribution in [0.2, 0.25) is 5.02 Å². The lowest BCUT2D eigenvalue weighted by atomic mass is 10.1. The fourth-order valence-electron chi connectivity index (χ4n) is 4.22. The number of guanidine groups is 1. The quantitative estimate of drug-likeness (QED) is 0.536. The van der Waals surface area contributed by atoms with E-state index in [1.807, 2.05) is 30.1 Å². The fourth-order valence-corrected chi connectivity index (χ4v) is 4.39. The van der Waals surface area contributed by atoms with Crippen molar-refractivity contribution in [2.45, 2.75) is 6.42 Å². The van der Waals surface area contributed by atoms with Gasteiger partial charge in [-0.25, -0.2) is 0 Å². The third-order valence-corrected chi connectivity index (χ3v) is 6.25. The molecule has 0 spiro atoms. The molecule has 0 saturated carbocycles. The van der Waals surface area contributed by atoms with Crippen LogP contribution in [0.5, 0.6) is 0 Å². The number of ether oxygens (including phenoxy) is 1. The molecule has 2 aliphatic heterocycles. The SMILES string of the molecule is CN=C(NCCc1c[nH]c2ccc(Cl)cc12)N1CCN(CC(=O)N2CCOCC2)CC1. The topological polar surface area (TPSA) is 76.2 Å². The highest BCUT2D eigenvalue weighted by Gasteiger charge is 2.24. The van der Waals surface area contributed by atoms with Crippen LogP contribution in [0, 0.1) is 0 Å². The highest BCUT2D eigenvalue weighted by molar-refractivity contribution is 6.31. The lowest BCUT2D eigenvalue weighted by Crippen LogP contribution is -2.55. The zero-order valence-electron chi connectivity index (χ0n) is 18.1. The largest absolute Gasteiger partial charge is 0.378 e. The summed E-state index contributed by atoms with van der Waals surface area (Å²) in [5.41, 5.74) is 2.35. The van der Waals surface area contributed by atoms with E-state index in [0.29, 0.717) is 32.8 Å². The first kappa shape index (κ1) is 21.9. The molecule has 1 amide bonds. The minimum Gasteiger partial charge on any atom is -0.378 e. The summed E-state index contributed by atoms with van der Waals surface area (Å²) in [5.74, 6) is 1.12. The molecule has 2 N–H and O–H groups in total. The molecule has 4 rings (SSSR count). The summed E-state index contributed by atoms with van der Waals surface area (Å²) in [7, 11) is 1.82. The summed E-state index contributed by atoms with van der Waals surface area (Å²) < 4.78 is 5.33. The number of nitrogens with one attached hydrogen (secondary N) is 2. The summed E-state index contributed by atoms with van der Waals surface area (Å²) in [6, 6.07) is 5.92. The van der Waals surface area contributed by atoms with Crippen LogP contribution in [0.25, 0.3) is 10.9 Å². The number of rotatable bonds is 5. The van der Waals surface area contributed by atoms with Crippen molar-refractivity contribution < 1.29 is 9.53 Å². The van der Waals surface area contributed by atoms with Crippen LogP contribution in [0.1, 0.15) is 5.56 Å². The van der Waals surface area contributed by atoms with Gasteiger partial charge in [0.1, 0.15) is 0 Å². The van der Waals surface area contributed by atoms with E-state index in [2.05, 4.69) is 31.3 Å². The molecule has 2 aromatic rings. The van der Waals surface area contributed by atoms with Gasteiger partial charge in [0.15, 0.2) is 5.96 Å². The number of carbonyl (C=O) groups excluding carboxylic acids is 1. The number of carbonyl (C=O) groups is 1. The number of aromatic amines is 1. The van der Waals surface area contributed by atoms with Crippen molar-refractivity contribution >= 4 is 34.4 Å². The molecule has 3 heterocycles. The summed E-state index contributed by atoms with van der Waals surface area (Å²) in [6.07, 6.45) is 2.93. The molecular weight excluding hydrogens is 416 g/mol. The minimum absolute atomic E-state index is 0.207. The van der Waals surface area contributed by atoms with E-state index in [1.165, 1.54) is 10.9 Å². The Morgan fingerprint density at radius 1 is 1.16 bits per heavy atom. The third kappa shape index (κ3) is 5.50. The molecule has 1 aromatic heterocycles. The first-order valence-electron chi connectivity index (χ1n) is 10.9. The number of aliphatic imine (C=N–C) groups is 1. The maximum absolute atomic E-state index is 12.5. The third-order valence-electron chi connectivity index (χ3n) is 6.01. The van der Waals surface area contributed by atoms with Crippen molar-refractivity contribution in [1.29, 1.82) is 0 Å². The molecule has 9 heteroatoms. The number of piperazine rings is 1. The van der Waals surface area contributed by atoms with Crippen LogP contribution in [-0.2, 0) is 16.0 Å². The van der Waals surface area contributed by atoms with Crippen molar-refractivity contribution in [2.75, 3.05) is 72.6 Å². The monoisotopic (exact) mass is 446 g/mol. The molecule has 2 fully saturated rings. The Bertz CT molecular complexity index is 916. The summed E-state index contributed by atoms with van der Waals surface area (Å²) >= 11 is 6.15. The second kappa shape index (κ2) is 10.3. The van der Waals surface area contributed by atoms with Gasteiger partial charge in [-0.2, -0.15) is 0 Å². The highest BCUT2D eigenvalue weighted by atomic mass is 35.5. The van der Waals surface area contributed by atoms with Crippen molar-refractivity contribution in [3.63, 3.8) is 0 Å². The number of morpholine rings is 1. The van der Waals surface area contributed by atoms with Crippen LogP contribution < -0.4 is 5.32 Å². The zero-order chi connectivity index (χ0) is 21.6. The van der Waals surface area contributed by atoms with Crippen molar-refractivity contribution in [3.8, 4) is 0 Å². The van der Waals surface area contributed by atoms with Crippen LogP contribution in [0.4, 0.5) is 0 Å². The van der Waals surface area contributed by atoms with Gasteiger partial charge in [0.05, 0.1) is 19.8 Å². The summed E-state index contributed by atoms with van der Waals surface area (Å²) in [4.78, 5) is 26.6. The molecule has 0 bridgehead atoms. The molecule has 2 saturated heterocycles. The molecule has 2 aliphatic rings. The smallest absolute Gasteiger partial charge is 0.236 e. The minimum atomic E-state index is 0.207. The maximum atomic E-state index is 12.5. The lowest BCUT2D eigenvalue weighted by molar-refractivity contribution is -0.136. The Morgan fingerprint density at radius 2 is 1.94 bits per heavy atom. The van der Waals surface area contributed by atoms with Gasteiger partial charge in [-0.15, -0.1) is 0 Å². The molecule has 31 heavy (non-hydrogen) atoms. The number of aromatic nitrogens is 1. The van der Waals surface area contributed by atoms with Crippen molar-refractivity contribution in [3.05, 3.63) is 35.0 Å². The van der Waals surface area contributed by atoms with E-state index in [4.69, 9.17) is 16.3 Å². The van der Waals surface area contributed by atoms with E-state index in [0.717, 1.165) is 55.6 Å². The number of H-pyrrole nitrogens is 1. The second-order valence-corrected chi connectivity index (χ2v) is 8.42. The Hall–Kier alpha value is -2.29. The Kier molecular flexibility index (Phi) is 7.32. The molecule has 168 valence electrons. The van der Waals surface area contributed by atoms with Gasteiger partial charge >= 0.3 is 0 Å². The van der Waals surface area contributed by atoms with Crippen molar-refractivity contribution in [1.82, 2.24) is 25.0 Å². The molecule has 0 aliphatic carbocycles. The number of amides is 1. The molecule has 8 nitrogen and oxygen atoms in total. The first-order valence-corrected chi connectivity index (χ1v) is 11.3. The molecule has 0 radical (unpaired) electrons. The first-order chi connectivity index (χ1) is 15.1. The average molecular weight is 447 g/mol. The number of benzene rings is 1. The molecule has 0 unspecified atom stereocenters. The lowest BCUT2D eigenvalue weighted by Gasteiger charge is -2.37. The normalized spacial score (nSPS) is 18.6. The predicted molar refractivity (Wildman–Crippen MR) is 124 cm³/mol. The molecule has 0 atom stereocenters. The van der Waals surface area contributed by atoms with Gasteiger partial charge in [0.2, 0.25) is 5.91 Å². The van der Waals surface area contributed by atoms with Crippen molar-refractivity contribution in [2.24, 2.45) is 4.99 Å². The summed E-state index contributed by atoms with van der Waals surface area (Å²) in [5, 5.41) is 5.41. The van der Waals surface area contributed by atoms with Gasteiger partial charge in [0.25, 0.3) is 0 Å². The Balaban J connectivity index is 1.23. The fraction of sp³-hybridized carbons (Fsp3) is 0.545. The number of hydrogen-bond donors (Lipinski definition) is 2. The van der Waals surface area contributed by atoms with E-state index in [9.17, 15) is 4.79 Å². The van der Waals surface area contributed by atoms with E-state index >= 15 is 0 Å². The molecule has 1 aromatic carbocycles. The van der Waals surface area contributed by atoms with Crippen LogP contribution in [0.15, 0.2) is 29.4 Å². The maximum Gasteiger partial charge on any atom is 0.236 e. The standard InChI is InChI=1S/C22H31ClN6O2/c1-24-22(25-5-4-17-15-26-20-3-2-18(23)14-19(17)20)29-8-6-27(7-9-29)16-21(30)28-10-12-31-13-11-28/h2-3,14-15,26H,4-13,16H2,1H3,(H,24,25). The van der Waals surface area contributed by atoms with Crippen LogP contribution in [0.3, 0.4) is 0 Å². The highest BCUT2D eigenvalue weighted by Crippen LogP contribution is 2.22. The van der Waals surface area contributed by atoms with Gasteiger partial charge < -0.3 is 24.8 Å². The van der Waals surface area contributed by atoms with Gasteiger partial charge in [0, 0.05) is 75.0 Å². The van der Waals surface area contributed by atoms with Gasteiger partial charge in [-0.3, -0.25) is 14.7 Å². The van der Waals surface area contributed by atoms with Crippen LogP contribution in [-0.4, -0.2) is 104 Å². The zero-order valence-corrected chi connectivity index (χ0v) is 18.8. The number of fused-ring (bicyclic) bond motifs is 1. The Morgan fingerprint density at radius 3 is 2.68 bits per heavy atom. The number of nitrogens with zero attached hydrogens (tertiary/aromatic N) is 4.